The van der Waals surface area contributed by atoms with Gasteiger partial charge in [-0.05, 0) is 78.0 Å². The molecule has 0 aromatic heterocycles. The van der Waals surface area contributed by atoms with Gasteiger partial charge in [0.05, 0.1) is 0 Å². The standard InChI is InChI=1S/C24H26O/c1-15(2)10-17-4-3-5-18-12-21-22(13-20(17)18)24(9-8-23(21)25)14-16-6-7-19(24)11-16/h3-6,12-13,15,19H,7-11,14H2,1-2H3. The molecule has 3 aliphatic rings. The number of Topliss-reactive ketones (excluding diaryl/α,β-unsaturated/α-hetero) is 1. The average Bonchev–Trinajstić information content (AvgIpc) is 3.19. The molecule has 0 aliphatic heterocycles. The third kappa shape index (κ3) is 2.18. The van der Waals surface area contributed by atoms with Gasteiger partial charge in [-0.2, -0.15) is 0 Å². The van der Waals surface area contributed by atoms with Crippen LogP contribution in [0, 0.1) is 11.8 Å². The van der Waals surface area contributed by atoms with Crippen molar-refractivity contribution in [2.75, 3.05) is 0 Å². The van der Waals surface area contributed by atoms with Gasteiger partial charge in [-0.3, -0.25) is 4.79 Å². The number of allylic oxidation sites excluding steroid dienone is 2. The van der Waals surface area contributed by atoms with E-state index in [9.17, 15) is 4.79 Å². The Labute approximate surface area is 150 Å². The summed E-state index contributed by atoms with van der Waals surface area (Å²) >= 11 is 0. The van der Waals surface area contributed by atoms with Crippen molar-refractivity contribution in [3.05, 3.63) is 58.7 Å². The van der Waals surface area contributed by atoms with E-state index in [0.717, 1.165) is 30.7 Å². The number of carbonyl (C=O) groups excluding carboxylic acids is 1. The molecule has 128 valence electrons. The highest BCUT2D eigenvalue weighted by atomic mass is 16.1. The van der Waals surface area contributed by atoms with Crippen molar-refractivity contribution >= 4 is 16.6 Å². The smallest absolute Gasteiger partial charge is 0.163 e. The molecule has 2 aromatic rings. The van der Waals surface area contributed by atoms with Crippen LogP contribution in [0.3, 0.4) is 0 Å². The van der Waals surface area contributed by atoms with E-state index in [-0.39, 0.29) is 5.41 Å². The topological polar surface area (TPSA) is 17.1 Å². The van der Waals surface area contributed by atoms with Gasteiger partial charge in [0, 0.05) is 17.4 Å². The zero-order chi connectivity index (χ0) is 17.2. The van der Waals surface area contributed by atoms with E-state index >= 15 is 0 Å². The molecule has 0 saturated heterocycles. The van der Waals surface area contributed by atoms with Gasteiger partial charge in [-0.15, -0.1) is 0 Å². The number of carbonyl (C=O) groups is 1. The number of hydrogen-bond donors (Lipinski definition) is 0. The highest BCUT2D eigenvalue weighted by Gasteiger charge is 2.51. The summed E-state index contributed by atoms with van der Waals surface area (Å²) in [6.07, 6.45) is 9.01. The van der Waals surface area contributed by atoms with Gasteiger partial charge in [0.1, 0.15) is 0 Å². The van der Waals surface area contributed by atoms with Crippen molar-refractivity contribution in [1.82, 2.24) is 0 Å². The van der Waals surface area contributed by atoms with Crippen LogP contribution < -0.4 is 0 Å². The molecule has 2 atom stereocenters. The summed E-state index contributed by atoms with van der Waals surface area (Å²) in [4.78, 5) is 12.7. The highest BCUT2D eigenvalue weighted by molar-refractivity contribution is 6.03. The normalized spacial score (nSPS) is 27.4. The predicted molar refractivity (Wildman–Crippen MR) is 103 cm³/mol. The summed E-state index contributed by atoms with van der Waals surface area (Å²) < 4.78 is 0. The van der Waals surface area contributed by atoms with Crippen LogP contribution in [-0.4, -0.2) is 5.78 Å². The maximum atomic E-state index is 12.7. The predicted octanol–water partition coefficient (Wildman–Crippen LogP) is 5.99. The zero-order valence-electron chi connectivity index (χ0n) is 15.3. The Morgan fingerprint density at radius 1 is 1.24 bits per heavy atom. The molecule has 5 rings (SSSR count). The second kappa shape index (κ2) is 5.30. The van der Waals surface area contributed by atoms with E-state index < -0.39 is 0 Å². The minimum absolute atomic E-state index is 0.243. The molecule has 0 heterocycles. The van der Waals surface area contributed by atoms with Gasteiger partial charge in [0.2, 0.25) is 0 Å². The summed E-state index contributed by atoms with van der Waals surface area (Å²) in [5.74, 6) is 1.72. The third-order valence-corrected chi connectivity index (χ3v) is 6.90. The lowest BCUT2D eigenvalue weighted by molar-refractivity contribution is 0.0940. The first-order valence-corrected chi connectivity index (χ1v) is 9.84. The minimum atomic E-state index is 0.243. The third-order valence-electron chi connectivity index (χ3n) is 6.90. The van der Waals surface area contributed by atoms with Crippen molar-refractivity contribution in [2.45, 2.75) is 57.8 Å². The summed E-state index contributed by atoms with van der Waals surface area (Å²) in [5, 5.41) is 2.62. The minimum Gasteiger partial charge on any atom is -0.294 e. The van der Waals surface area contributed by atoms with E-state index in [1.165, 1.54) is 41.2 Å². The van der Waals surface area contributed by atoms with Crippen molar-refractivity contribution in [1.29, 1.82) is 0 Å². The largest absolute Gasteiger partial charge is 0.294 e. The lowest BCUT2D eigenvalue weighted by Gasteiger charge is -2.41. The Kier molecular flexibility index (Phi) is 3.26. The summed E-state index contributed by atoms with van der Waals surface area (Å²) in [6, 6.07) is 11.2. The van der Waals surface area contributed by atoms with Crippen molar-refractivity contribution in [3.8, 4) is 0 Å². The van der Waals surface area contributed by atoms with Crippen LogP contribution in [0.15, 0.2) is 42.0 Å². The maximum absolute atomic E-state index is 12.7. The fourth-order valence-corrected chi connectivity index (χ4v) is 5.77. The number of fused-ring (bicyclic) bond motifs is 6. The second-order valence-corrected chi connectivity index (χ2v) is 8.89. The maximum Gasteiger partial charge on any atom is 0.163 e. The molecule has 3 aliphatic carbocycles. The first-order chi connectivity index (χ1) is 12.1. The monoisotopic (exact) mass is 330 g/mol. The average molecular weight is 330 g/mol. The molecule has 2 aromatic carbocycles. The quantitative estimate of drug-likeness (QED) is 0.618. The molecule has 1 spiro atoms. The van der Waals surface area contributed by atoms with Crippen molar-refractivity contribution < 1.29 is 4.79 Å². The molecule has 1 heteroatoms. The molecule has 2 bridgehead atoms. The van der Waals surface area contributed by atoms with Crippen molar-refractivity contribution in [2.24, 2.45) is 11.8 Å². The summed E-state index contributed by atoms with van der Waals surface area (Å²) in [6.45, 7) is 4.56. The van der Waals surface area contributed by atoms with Crippen LogP contribution in [-0.2, 0) is 11.8 Å². The molecule has 1 saturated carbocycles. The van der Waals surface area contributed by atoms with Crippen LogP contribution in [0.5, 0.6) is 0 Å². The second-order valence-electron chi connectivity index (χ2n) is 8.89. The van der Waals surface area contributed by atoms with Crippen LogP contribution in [0.4, 0.5) is 0 Å². The van der Waals surface area contributed by atoms with Crippen LogP contribution in [0.2, 0.25) is 0 Å². The number of rotatable bonds is 2. The van der Waals surface area contributed by atoms with Crippen LogP contribution in [0.1, 0.15) is 67.4 Å². The lowest BCUT2D eigenvalue weighted by atomic mass is 9.62. The molecule has 0 amide bonds. The Balaban J connectivity index is 1.75. The SMILES string of the molecule is CC(C)Cc1cccc2cc3c(cc12)C1(CCC3=O)CC2=CCC1C2. The summed E-state index contributed by atoms with van der Waals surface area (Å²) in [5.41, 5.74) is 5.72. The fraction of sp³-hybridized carbons (Fsp3) is 0.458. The lowest BCUT2D eigenvalue weighted by Crippen LogP contribution is -2.37. The molecule has 25 heavy (non-hydrogen) atoms. The van der Waals surface area contributed by atoms with Crippen LogP contribution >= 0.6 is 0 Å². The highest BCUT2D eigenvalue weighted by Crippen LogP contribution is 2.59. The zero-order valence-corrected chi connectivity index (χ0v) is 15.3. The number of ketones is 1. The first-order valence-electron chi connectivity index (χ1n) is 9.84. The van der Waals surface area contributed by atoms with Gasteiger partial charge < -0.3 is 0 Å². The molecule has 1 fully saturated rings. The summed E-state index contributed by atoms with van der Waals surface area (Å²) in [7, 11) is 0. The molecule has 1 nitrogen and oxygen atoms in total. The van der Waals surface area contributed by atoms with Gasteiger partial charge in [0.25, 0.3) is 0 Å². The number of benzene rings is 2. The van der Waals surface area contributed by atoms with Crippen LogP contribution in [0.25, 0.3) is 10.8 Å². The molecular formula is C24H26O. The first kappa shape index (κ1) is 15.4. The van der Waals surface area contributed by atoms with Crippen molar-refractivity contribution in [3.63, 3.8) is 0 Å². The Morgan fingerprint density at radius 3 is 2.84 bits per heavy atom. The molecule has 0 N–H and O–H groups in total. The molecule has 2 unspecified atom stereocenters. The van der Waals surface area contributed by atoms with Gasteiger partial charge in [-0.25, -0.2) is 0 Å². The molecule has 0 radical (unpaired) electrons. The van der Waals surface area contributed by atoms with E-state index in [0.29, 0.717) is 11.7 Å². The Hall–Kier alpha value is -1.89. The van der Waals surface area contributed by atoms with E-state index in [2.05, 4.69) is 50.3 Å². The Bertz CT molecular complexity index is 917. The Morgan fingerprint density at radius 2 is 2.12 bits per heavy atom. The van der Waals surface area contributed by atoms with Gasteiger partial charge >= 0.3 is 0 Å². The number of hydrogen-bond acceptors (Lipinski definition) is 1. The fourth-order valence-electron chi connectivity index (χ4n) is 5.77. The van der Waals surface area contributed by atoms with E-state index in [1.807, 2.05) is 0 Å². The molecular weight excluding hydrogens is 304 g/mol. The van der Waals surface area contributed by atoms with Gasteiger partial charge in [-0.1, -0.05) is 43.7 Å². The van der Waals surface area contributed by atoms with E-state index in [4.69, 9.17) is 0 Å². The van der Waals surface area contributed by atoms with E-state index in [1.54, 1.807) is 5.57 Å². The van der Waals surface area contributed by atoms with Gasteiger partial charge in [0.15, 0.2) is 5.78 Å².